The maximum Gasteiger partial charge on any atom is 0.251 e. The molecule has 3 N–H and O–H groups in total. The first kappa shape index (κ1) is 15.9. The Morgan fingerprint density at radius 2 is 2.05 bits per heavy atom. The van der Waals surface area contributed by atoms with Crippen molar-refractivity contribution < 1.29 is 17.9 Å². The summed E-state index contributed by atoms with van der Waals surface area (Å²) in [5.74, 6) is -0.288. The van der Waals surface area contributed by atoms with Gasteiger partial charge in [0.1, 0.15) is 0 Å². The molecule has 0 radical (unpaired) electrons. The zero-order valence-electron chi connectivity index (χ0n) is 12.1. The summed E-state index contributed by atoms with van der Waals surface area (Å²) in [4.78, 5) is 12.1. The lowest BCUT2D eigenvalue weighted by Gasteiger charge is -2.35. The van der Waals surface area contributed by atoms with Gasteiger partial charge in [-0.2, -0.15) is 0 Å². The third-order valence-corrected chi connectivity index (χ3v) is 4.37. The minimum Gasteiger partial charge on any atom is -0.378 e. The van der Waals surface area contributed by atoms with Crippen molar-refractivity contribution in [2.45, 2.75) is 43.7 Å². The monoisotopic (exact) mass is 312 g/mol. The van der Waals surface area contributed by atoms with E-state index in [1.165, 1.54) is 12.1 Å². The molecular formula is C14H20N2O4S. The van der Waals surface area contributed by atoms with Crippen molar-refractivity contribution in [3.63, 3.8) is 0 Å². The normalized spacial score (nSPS) is 21.7. The summed E-state index contributed by atoms with van der Waals surface area (Å²) in [5, 5.41) is 7.98. The molecule has 0 saturated heterocycles. The van der Waals surface area contributed by atoms with Crippen molar-refractivity contribution in [1.29, 1.82) is 0 Å². The number of rotatable bonds is 5. The van der Waals surface area contributed by atoms with Crippen LogP contribution < -0.4 is 10.5 Å². The van der Waals surface area contributed by atoms with Crippen LogP contribution in [-0.4, -0.2) is 33.1 Å². The molecule has 0 aliphatic heterocycles. The molecule has 1 amide bonds. The van der Waals surface area contributed by atoms with Gasteiger partial charge in [0.15, 0.2) is 0 Å². The maximum absolute atomic E-state index is 12.2. The Morgan fingerprint density at radius 3 is 2.62 bits per heavy atom. The number of carbonyl (C=O) groups is 1. The number of carbonyl (C=O) groups excluding carboxylic acids is 1. The number of nitrogens with two attached hydrogens (primary N) is 1. The molecule has 1 aromatic carbocycles. The van der Waals surface area contributed by atoms with Crippen LogP contribution in [0.15, 0.2) is 23.1 Å². The second-order valence-corrected chi connectivity index (χ2v) is 6.86. The lowest BCUT2D eigenvalue weighted by atomic mass is 9.89. The van der Waals surface area contributed by atoms with Crippen molar-refractivity contribution in [3.8, 4) is 0 Å². The molecule has 7 heteroatoms. The molecule has 0 spiro atoms. The fraction of sp³-hybridized carbons (Fsp3) is 0.500. The number of ether oxygens (including phenoxy) is 1. The van der Waals surface area contributed by atoms with E-state index < -0.39 is 10.0 Å². The van der Waals surface area contributed by atoms with E-state index in [4.69, 9.17) is 9.88 Å². The standard InChI is InChI=1S/C14H20N2O4S/c1-3-20-12-7-11(8-12)16-14(17)10-4-9(2)5-13(6-10)21(15,18)19/h4-6,11-12H,3,7-8H2,1-2H3,(H,16,17)(H2,15,18,19). The molecule has 0 unspecified atom stereocenters. The zero-order chi connectivity index (χ0) is 15.6. The van der Waals surface area contributed by atoms with E-state index in [1.54, 1.807) is 13.0 Å². The number of hydrogen-bond donors (Lipinski definition) is 2. The van der Waals surface area contributed by atoms with E-state index in [9.17, 15) is 13.2 Å². The molecule has 0 aromatic heterocycles. The Balaban J connectivity index is 2.05. The van der Waals surface area contributed by atoms with Crippen molar-refractivity contribution >= 4 is 15.9 Å². The second-order valence-electron chi connectivity index (χ2n) is 5.30. The lowest BCUT2D eigenvalue weighted by Crippen LogP contribution is -2.47. The Morgan fingerprint density at radius 1 is 1.38 bits per heavy atom. The lowest BCUT2D eigenvalue weighted by molar-refractivity contribution is -0.00862. The average molecular weight is 312 g/mol. The molecule has 1 aromatic rings. The van der Waals surface area contributed by atoms with Crippen LogP contribution in [0.5, 0.6) is 0 Å². The van der Waals surface area contributed by atoms with Crippen LogP contribution in [0.3, 0.4) is 0 Å². The fourth-order valence-corrected chi connectivity index (χ4v) is 3.01. The van der Waals surface area contributed by atoms with E-state index in [0.29, 0.717) is 17.7 Å². The highest BCUT2D eigenvalue weighted by Crippen LogP contribution is 2.24. The van der Waals surface area contributed by atoms with Gasteiger partial charge in [0.05, 0.1) is 11.0 Å². The number of amides is 1. The van der Waals surface area contributed by atoms with Crippen molar-refractivity contribution in [2.75, 3.05) is 6.61 Å². The van der Waals surface area contributed by atoms with Gasteiger partial charge < -0.3 is 10.1 Å². The molecule has 1 aliphatic rings. The van der Waals surface area contributed by atoms with E-state index in [2.05, 4.69) is 5.32 Å². The summed E-state index contributed by atoms with van der Waals surface area (Å²) in [6, 6.07) is 4.46. The zero-order valence-corrected chi connectivity index (χ0v) is 12.9. The molecule has 116 valence electrons. The summed E-state index contributed by atoms with van der Waals surface area (Å²) in [6.45, 7) is 4.33. The Bertz CT molecular complexity index is 636. The molecule has 1 saturated carbocycles. The summed E-state index contributed by atoms with van der Waals surface area (Å²) in [7, 11) is -3.82. The van der Waals surface area contributed by atoms with E-state index >= 15 is 0 Å². The van der Waals surface area contributed by atoms with Gasteiger partial charge in [-0.05, 0) is 50.5 Å². The predicted octanol–water partition coefficient (Wildman–Crippen LogP) is 0.940. The van der Waals surface area contributed by atoms with Crippen LogP contribution in [0.2, 0.25) is 0 Å². The van der Waals surface area contributed by atoms with Gasteiger partial charge in [-0.1, -0.05) is 0 Å². The molecule has 21 heavy (non-hydrogen) atoms. The summed E-state index contributed by atoms with van der Waals surface area (Å²) >= 11 is 0. The van der Waals surface area contributed by atoms with Gasteiger partial charge in [0.2, 0.25) is 10.0 Å². The third kappa shape index (κ3) is 4.03. The smallest absolute Gasteiger partial charge is 0.251 e. The molecule has 0 bridgehead atoms. The second kappa shape index (κ2) is 6.13. The van der Waals surface area contributed by atoms with Crippen LogP contribution in [0, 0.1) is 6.92 Å². The number of aryl methyl sites for hydroxylation is 1. The highest BCUT2D eigenvalue weighted by Gasteiger charge is 2.31. The fourth-order valence-electron chi connectivity index (χ4n) is 2.37. The van der Waals surface area contributed by atoms with Gasteiger partial charge in [0.25, 0.3) is 5.91 Å². The van der Waals surface area contributed by atoms with Crippen molar-refractivity contribution in [3.05, 3.63) is 29.3 Å². The molecule has 1 aliphatic carbocycles. The molecule has 0 heterocycles. The summed E-state index contributed by atoms with van der Waals surface area (Å²) in [6.07, 6.45) is 1.78. The first-order valence-corrected chi connectivity index (χ1v) is 8.41. The minimum absolute atomic E-state index is 0.0477. The highest BCUT2D eigenvalue weighted by molar-refractivity contribution is 7.89. The van der Waals surface area contributed by atoms with Crippen molar-refractivity contribution in [2.24, 2.45) is 5.14 Å². The Labute approximate surface area is 124 Å². The van der Waals surface area contributed by atoms with Gasteiger partial charge in [-0.25, -0.2) is 13.6 Å². The van der Waals surface area contributed by atoms with Gasteiger partial charge >= 0.3 is 0 Å². The topological polar surface area (TPSA) is 98.5 Å². The SMILES string of the molecule is CCOC1CC(NC(=O)c2cc(C)cc(S(N)(=O)=O)c2)C1. The van der Waals surface area contributed by atoms with Crippen LogP contribution in [0.4, 0.5) is 0 Å². The number of benzene rings is 1. The Hall–Kier alpha value is -1.44. The largest absolute Gasteiger partial charge is 0.378 e. The van der Waals surface area contributed by atoms with E-state index in [-0.39, 0.29) is 22.9 Å². The van der Waals surface area contributed by atoms with Crippen LogP contribution in [-0.2, 0) is 14.8 Å². The molecule has 1 fully saturated rings. The first-order chi connectivity index (χ1) is 9.79. The summed E-state index contributed by atoms with van der Waals surface area (Å²) in [5.41, 5.74) is 0.978. The number of primary sulfonamides is 1. The van der Waals surface area contributed by atoms with E-state index in [0.717, 1.165) is 12.8 Å². The van der Waals surface area contributed by atoms with Crippen LogP contribution in [0.1, 0.15) is 35.7 Å². The number of sulfonamides is 1. The quantitative estimate of drug-likeness (QED) is 0.845. The molecular weight excluding hydrogens is 292 g/mol. The third-order valence-electron chi connectivity index (χ3n) is 3.47. The van der Waals surface area contributed by atoms with Crippen LogP contribution >= 0.6 is 0 Å². The highest BCUT2D eigenvalue weighted by atomic mass is 32.2. The van der Waals surface area contributed by atoms with E-state index in [1.807, 2.05) is 6.92 Å². The van der Waals surface area contributed by atoms with Gasteiger partial charge in [-0.3, -0.25) is 4.79 Å². The van der Waals surface area contributed by atoms with Gasteiger partial charge in [0, 0.05) is 18.2 Å². The van der Waals surface area contributed by atoms with Gasteiger partial charge in [-0.15, -0.1) is 0 Å². The Kier molecular flexibility index (Phi) is 4.65. The maximum atomic E-state index is 12.2. The number of nitrogens with one attached hydrogen (secondary N) is 1. The molecule has 6 nitrogen and oxygen atoms in total. The van der Waals surface area contributed by atoms with Crippen molar-refractivity contribution in [1.82, 2.24) is 5.32 Å². The molecule has 0 atom stereocenters. The first-order valence-electron chi connectivity index (χ1n) is 6.86. The average Bonchev–Trinajstić information content (AvgIpc) is 2.34. The predicted molar refractivity (Wildman–Crippen MR) is 78.5 cm³/mol. The molecule has 2 rings (SSSR count). The number of hydrogen-bond acceptors (Lipinski definition) is 4. The van der Waals surface area contributed by atoms with Crippen LogP contribution in [0.25, 0.3) is 0 Å². The minimum atomic E-state index is -3.82. The summed E-state index contributed by atoms with van der Waals surface area (Å²) < 4.78 is 28.2.